The Morgan fingerprint density at radius 1 is 1.14 bits per heavy atom. The number of nitrogen functional groups attached to an aromatic ring is 2. The third kappa shape index (κ3) is 2.41. The van der Waals surface area contributed by atoms with Crippen LogP contribution in [0.4, 0.5) is 28.9 Å². The van der Waals surface area contributed by atoms with Gasteiger partial charge in [-0.25, -0.2) is 4.39 Å². The second-order valence-corrected chi connectivity index (χ2v) is 2.45. The van der Waals surface area contributed by atoms with E-state index in [-0.39, 0.29) is 5.69 Å². The van der Waals surface area contributed by atoms with E-state index in [0.717, 1.165) is 6.07 Å². The van der Waals surface area contributed by atoms with Crippen LogP contribution in [0.1, 0.15) is 0 Å². The lowest BCUT2D eigenvalue weighted by Gasteiger charge is -2.12. The smallest absolute Gasteiger partial charge is 0.403 e. The summed E-state index contributed by atoms with van der Waals surface area (Å²) in [6.07, 6.45) is -4.92. The van der Waals surface area contributed by atoms with Crippen LogP contribution in [0.15, 0.2) is 12.1 Å². The first-order chi connectivity index (χ1) is 6.29. The maximum atomic E-state index is 12.6. The van der Waals surface area contributed by atoms with Crippen molar-refractivity contribution in [2.24, 2.45) is 0 Å². The number of alkyl halides is 3. The van der Waals surface area contributed by atoms with Crippen molar-refractivity contribution < 1.29 is 22.3 Å². The van der Waals surface area contributed by atoms with Crippen molar-refractivity contribution in [3.63, 3.8) is 0 Å². The zero-order valence-corrected chi connectivity index (χ0v) is 6.73. The number of hydrogen-bond acceptors (Lipinski definition) is 3. The summed E-state index contributed by atoms with van der Waals surface area (Å²) < 4.78 is 51.3. The number of hydrogen-bond donors (Lipinski definition) is 2. The molecule has 0 aliphatic rings. The minimum atomic E-state index is -4.92. The lowest BCUT2D eigenvalue weighted by atomic mass is 10.2. The third-order valence-corrected chi connectivity index (χ3v) is 1.36. The number of halogens is 4. The van der Waals surface area contributed by atoms with E-state index in [1.165, 1.54) is 0 Å². The predicted molar refractivity (Wildman–Crippen MR) is 41.9 cm³/mol. The first-order valence-corrected chi connectivity index (χ1v) is 3.40. The van der Waals surface area contributed by atoms with Gasteiger partial charge in [0.25, 0.3) is 0 Å². The molecular weight excluding hydrogens is 204 g/mol. The topological polar surface area (TPSA) is 61.3 Å². The molecule has 0 spiro atoms. The van der Waals surface area contributed by atoms with Gasteiger partial charge in [-0.3, -0.25) is 0 Å². The number of nitrogens with two attached hydrogens (primary N) is 2. The van der Waals surface area contributed by atoms with Crippen molar-refractivity contribution in [2.45, 2.75) is 6.36 Å². The minimum absolute atomic E-state index is 0.302. The summed E-state index contributed by atoms with van der Waals surface area (Å²) in [6, 6.07) is 1.32. The molecule has 0 aliphatic carbocycles. The highest BCUT2D eigenvalue weighted by Crippen LogP contribution is 2.32. The van der Waals surface area contributed by atoms with Gasteiger partial charge >= 0.3 is 6.36 Å². The number of ether oxygens (including phenoxy) is 1. The summed E-state index contributed by atoms with van der Waals surface area (Å²) in [4.78, 5) is 0. The van der Waals surface area contributed by atoms with Crippen LogP contribution in [-0.2, 0) is 0 Å². The summed E-state index contributed by atoms with van der Waals surface area (Å²) in [5.74, 6) is -1.79. The second kappa shape index (κ2) is 3.24. The van der Waals surface area contributed by atoms with Crippen molar-refractivity contribution in [2.75, 3.05) is 11.5 Å². The van der Waals surface area contributed by atoms with Gasteiger partial charge in [0.05, 0.1) is 11.4 Å². The Kier molecular flexibility index (Phi) is 2.41. The molecule has 1 rings (SSSR count). The number of anilines is 2. The van der Waals surface area contributed by atoms with Crippen LogP contribution in [-0.4, -0.2) is 6.36 Å². The summed E-state index contributed by atoms with van der Waals surface area (Å²) in [5.41, 5.74) is 9.53. The quantitative estimate of drug-likeness (QED) is 0.549. The molecular formula is C7H6F4N2O. The van der Waals surface area contributed by atoms with Crippen molar-refractivity contribution >= 4 is 11.4 Å². The molecule has 0 heterocycles. The molecule has 7 heteroatoms. The Labute approximate surface area is 76.3 Å². The normalized spacial score (nSPS) is 11.4. The van der Waals surface area contributed by atoms with E-state index in [2.05, 4.69) is 4.74 Å². The molecule has 0 unspecified atom stereocenters. The van der Waals surface area contributed by atoms with Gasteiger partial charge < -0.3 is 16.2 Å². The van der Waals surface area contributed by atoms with E-state index in [1.54, 1.807) is 0 Å². The minimum Gasteiger partial charge on any atom is -0.403 e. The van der Waals surface area contributed by atoms with E-state index >= 15 is 0 Å². The fraction of sp³-hybridized carbons (Fsp3) is 0.143. The van der Waals surface area contributed by atoms with Gasteiger partial charge in [-0.05, 0) is 6.07 Å². The fourth-order valence-corrected chi connectivity index (χ4v) is 0.822. The molecule has 0 bridgehead atoms. The Bertz CT molecular complexity index is 350. The molecule has 0 fully saturated rings. The highest BCUT2D eigenvalue weighted by molar-refractivity contribution is 5.70. The summed E-state index contributed by atoms with van der Waals surface area (Å²) in [6.45, 7) is 0. The van der Waals surface area contributed by atoms with E-state index in [4.69, 9.17) is 11.5 Å². The summed E-state index contributed by atoms with van der Waals surface area (Å²) >= 11 is 0. The molecule has 1 aromatic rings. The lowest BCUT2D eigenvalue weighted by molar-refractivity contribution is -0.274. The molecule has 14 heavy (non-hydrogen) atoms. The maximum Gasteiger partial charge on any atom is 0.573 e. The molecule has 4 N–H and O–H groups in total. The first kappa shape index (κ1) is 10.4. The van der Waals surface area contributed by atoms with E-state index in [1.807, 2.05) is 0 Å². The van der Waals surface area contributed by atoms with Crippen molar-refractivity contribution in [3.05, 3.63) is 17.9 Å². The lowest BCUT2D eigenvalue weighted by Crippen LogP contribution is -2.18. The second-order valence-electron chi connectivity index (χ2n) is 2.45. The Hall–Kier alpha value is -1.66. The fourth-order valence-electron chi connectivity index (χ4n) is 0.822. The molecule has 0 radical (unpaired) electrons. The van der Waals surface area contributed by atoms with Crippen molar-refractivity contribution in [3.8, 4) is 5.75 Å². The molecule has 0 saturated carbocycles. The van der Waals surface area contributed by atoms with E-state index < -0.39 is 23.6 Å². The average Bonchev–Trinajstić information content (AvgIpc) is 1.96. The molecule has 0 amide bonds. The maximum absolute atomic E-state index is 12.6. The standard InChI is InChI=1S/C7H6F4N2O/c8-3-1-4(12)6(13)5(2-3)14-7(9,10)11/h1-2H,12-13H2. The Morgan fingerprint density at radius 3 is 2.21 bits per heavy atom. The number of benzene rings is 1. The number of rotatable bonds is 1. The molecule has 0 aliphatic heterocycles. The van der Waals surface area contributed by atoms with Crippen LogP contribution in [0.5, 0.6) is 5.75 Å². The van der Waals surface area contributed by atoms with Crippen LogP contribution < -0.4 is 16.2 Å². The van der Waals surface area contributed by atoms with Crippen LogP contribution in [0.2, 0.25) is 0 Å². The monoisotopic (exact) mass is 210 g/mol. The van der Waals surface area contributed by atoms with Crippen molar-refractivity contribution in [1.29, 1.82) is 0 Å². The third-order valence-electron chi connectivity index (χ3n) is 1.36. The van der Waals surface area contributed by atoms with Crippen molar-refractivity contribution in [1.82, 2.24) is 0 Å². The largest absolute Gasteiger partial charge is 0.573 e. The zero-order valence-electron chi connectivity index (χ0n) is 6.73. The van der Waals surface area contributed by atoms with Gasteiger partial charge in [-0.1, -0.05) is 0 Å². The highest BCUT2D eigenvalue weighted by Gasteiger charge is 2.32. The molecule has 3 nitrogen and oxygen atoms in total. The molecule has 0 atom stereocenters. The summed E-state index contributed by atoms with van der Waals surface area (Å²) in [5, 5.41) is 0. The van der Waals surface area contributed by atoms with Crippen LogP contribution in [0.3, 0.4) is 0 Å². The predicted octanol–water partition coefficient (Wildman–Crippen LogP) is 1.89. The van der Waals surface area contributed by atoms with Crippen LogP contribution >= 0.6 is 0 Å². The van der Waals surface area contributed by atoms with Crippen LogP contribution in [0.25, 0.3) is 0 Å². The Morgan fingerprint density at radius 2 is 1.71 bits per heavy atom. The first-order valence-electron chi connectivity index (χ1n) is 3.40. The van der Waals surface area contributed by atoms with Gasteiger partial charge in [0.2, 0.25) is 0 Å². The SMILES string of the molecule is Nc1cc(F)cc(OC(F)(F)F)c1N. The van der Waals surface area contributed by atoms with E-state index in [0.29, 0.717) is 6.07 Å². The molecule has 78 valence electrons. The van der Waals surface area contributed by atoms with Gasteiger partial charge in [0, 0.05) is 6.07 Å². The highest BCUT2D eigenvalue weighted by atomic mass is 19.4. The van der Waals surface area contributed by atoms with Gasteiger partial charge in [-0.15, -0.1) is 13.2 Å². The van der Waals surface area contributed by atoms with Crippen LogP contribution in [0, 0.1) is 5.82 Å². The van der Waals surface area contributed by atoms with Gasteiger partial charge in [0.15, 0.2) is 5.75 Å². The molecule has 1 aromatic carbocycles. The zero-order chi connectivity index (χ0) is 10.9. The molecule has 0 saturated heterocycles. The summed E-state index contributed by atoms with van der Waals surface area (Å²) in [7, 11) is 0. The Balaban J connectivity index is 3.09. The average molecular weight is 210 g/mol. The van der Waals surface area contributed by atoms with E-state index in [9.17, 15) is 17.6 Å². The molecule has 0 aromatic heterocycles. The van der Waals surface area contributed by atoms with Gasteiger partial charge in [0.1, 0.15) is 5.82 Å². The van der Waals surface area contributed by atoms with Gasteiger partial charge in [-0.2, -0.15) is 0 Å².